The van der Waals surface area contributed by atoms with E-state index in [1.165, 1.54) is 0 Å². The second kappa shape index (κ2) is 5.36. The van der Waals surface area contributed by atoms with Gasteiger partial charge in [0, 0.05) is 11.1 Å². The Bertz CT molecular complexity index is 520. The summed E-state index contributed by atoms with van der Waals surface area (Å²) in [5.41, 5.74) is 3.62. The molecule has 86 valence electrons. The number of thiophene rings is 1. The van der Waals surface area contributed by atoms with Gasteiger partial charge >= 0.3 is 0 Å². The number of hydrazone groups is 1. The lowest BCUT2D eigenvalue weighted by Crippen LogP contribution is -2.20. The highest BCUT2D eigenvalue weighted by Gasteiger charge is 2.05. The van der Waals surface area contributed by atoms with Crippen LogP contribution in [-0.4, -0.2) is 16.6 Å². The Morgan fingerprint density at radius 2 is 2.24 bits per heavy atom. The monoisotopic (exact) mass is 245 g/mol. The zero-order valence-corrected chi connectivity index (χ0v) is 10.1. The number of nitrogens with one attached hydrogen (secondary N) is 1. The van der Waals surface area contributed by atoms with Gasteiger partial charge in [0.25, 0.3) is 5.91 Å². The molecule has 0 aromatic carbocycles. The lowest BCUT2D eigenvalue weighted by atomic mass is 10.3. The van der Waals surface area contributed by atoms with E-state index in [9.17, 15) is 4.79 Å². The van der Waals surface area contributed by atoms with E-state index in [1.54, 1.807) is 35.7 Å². The minimum absolute atomic E-state index is 0.304. The molecule has 0 spiro atoms. The molecule has 0 aliphatic carbocycles. The van der Waals surface area contributed by atoms with Crippen molar-refractivity contribution in [1.29, 1.82) is 0 Å². The summed E-state index contributed by atoms with van der Waals surface area (Å²) in [6, 6.07) is 9.07. The first-order valence-electron chi connectivity index (χ1n) is 5.07. The van der Waals surface area contributed by atoms with Gasteiger partial charge in [0.1, 0.15) is 5.69 Å². The number of aromatic nitrogens is 1. The number of hydrogen-bond acceptors (Lipinski definition) is 4. The van der Waals surface area contributed by atoms with Crippen molar-refractivity contribution >= 4 is 23.0 Å². The minimum Gasteiger partial charge on any atom is -0.266 e. The molecule has 17 heavy (non-hydrogen) atoms. The molecule has 0 bridgehead atoms. The van der Waals surface area contributed by atoms with E-state index < -0.39 is 0 Å². The number of carbonyl (C=O) groups is 1. The van der Waals surface area contributed by atoms with Crippen LogP contribution in [0.3, 0.4) is 0 Å². The van der Waals surface area contributed by atoms with Crippen LogP contribution >= 0.6 is 11.3 Å². The van der Waals surface area contributed by atoms with E-state index in [2.05, 4.69) is 15.5 Å². The molecule has 2 aromatic rings. The van der Waals surface area contributed by atoms with Crippen molar-refractivity contribution in [1.82, 2.24) is 10.4 Å². The minimum atomic E-state index is -0.304. The third-order valence-electron chi connectivity index (χ3n) is 2.10. The van der Waals surface area contributed by atoms with Crippen LogP contribution in [0.1, 0.15) is 22.3 Å². The molecule has 0 atom stereocenters. The van der Waals surface area contributed by atoms with Gasteiger partial charge in [0.05, 0.1) is 5.71 Å². The van der Waals surface area contributed by atoms with E-state index in [4.69, 9.17) is 0 Å². The Morgan fingerprint density at radius 1 is 1.35 bits per heavy atom. The first-order chi connectivity index (χ1) is 8.27. The molecule has 2 rings (SSSR count). The van der Waals surface area contributed by atoms with Gasteiger partial charge in [-0.25, -0.2) is 5.43 Å². The van der Waals surface area contributed by atoms with Crippen molar-refractivity contribution in [2.75, 3.05) is 0 Å². The van der Waals surface area contributed by atoms with Crippen molar-refractivity contribution in [3.63, 3.8) is 0 Å². The third-order valence-corrected chi connectivity index (χ3v) is 3.08. The number of pyridine rings is 1. The normalized spacial score (nSPS) is 11.2. The van der Waals surface area contributed by atoms with Crippen LogP contribution in [0, 0.1) is 0 Å². The molecular formula is C12H11N3OS. The molecule has 0 aliphatic heterocycles. The quantitative estimate of drug-likeness (QED) is 0.666. The molecule has 1 N–H and O–H groups in total. The van der Waals surface area contributed by atoms with Gasteiger partial charge in [-0.2, -0.15) is 5.10 Å². The Labute approximate surface area is 103 Å². The van der Waals surface area contributed by atoms with Crippen LogP contribution in [0.5, 0.6) is 0 Å². The van der Waals surface area contributed by atoms with Crippen molar-refractivity contribution in [2.24, 2.45) is 5.10 Å². The molecule has 2 heterocycles. The first-order valence-corrected chi connectivity index (χ1v) is 5.95. The molecule has 0 unspecified atom stereocenters. The van der Waals surface area contributed by atoms with E-state index >= 15 is 0 Å². The maximum absolute atomic E-state index is 11.6. The molecular weight excluding hydrogens is 234 g/mol. The molecule has 0 saturated carbocycles. The number of amides is 1. The predicted molar refractivity (Wildman–Crippen MR) is 68.2 cm³/mol. The molecule has 0 fully saturated rings. The van der Waals surface area contributed by atoms with Crippen LogP contribution in [0.2, 0.25) is 0 Å². The van der Waals surface area contributed by atoms with E-state index in [0.717, 1.165) is 10.6 Å². The number of rotatable bonds is 3. The Kier molecular flexibility index (Phi) is 3.62. The summed E-state index contributed by atoms with van der Waals surface area (Å²) in [5, 5.41) is 6.00. The zero-order chi connectivity index (χ0) is 12.1. The molecule has 2 aromatic heterocycles. The number of nitrogens with zero attached hydrogens (tertiary/aromatic N) is 2. The van der Waals surface area contributed by atoms with Crippen molar-refractivity contribution in [3.05, 3.63) is 52.5 Å². The van der Waals surface area contributed by atoms with Crippen LogP contribution in [0.4, 0.5) is 0 Å². The van der Waals surface area contributed by atoms with Crippen LogP contribution in [-0.2, 0) is 0 Å². The van der Waals surface area contributed by atoms with Crippen LogP contribution < -0.4 is 5.43 Å². The largest absolute Gasteiger partial charge is 0.289 e. The highest BCUT2D eigenvalue weighted by Crippen LogP contribution is 2.09. The summed E-state index contributed by atoms with van der Waals surface area (Å²) in [7, 11) is 0. The molecule has 4 nitrogen and oxygen atoms in total. The van der Waals surface area contributed by atoms with Gasteiger partial charge in [0.2, 0.25) is 0 Å². The second-order valence-corrected chi connectivity index (χ2v) is 4.28. The summed E-state index contributed by atoms with van der Waals surface area (Å²) >= 11 is 1.58. The fourth-order valence-electron chi connectivity index (χ4n) is 1.23. The van der Waals surface area contributed by atoms with Crippen molar-refractivity contribution in [2.45, 2.75) is 6.92 Å². The maximum Gasteiger partial charge on any atom is 0.289 e. The predicted octanol–water partition coefficient (Wildman–Crippen LogP) is 2.30. The third kappa shape index (κ3) is 2.98. The number of hydrogen-bond donors (Lipinski definition) is 1. The fourth-order valence-corrected chi connectivity index (χ4v) is 1.91. The Morgan fingerprint density at radius 3 is 2.88 bits per heavy atom. The topological polar surface area (TPSA) is 54.4 Å². The second-order valence-electron chi connectivity index (χ2n) is 3.33. The average molecular weight is 245 g/mol. The van der Waals surface area contributed by atoms with Gasteiger partial charge in [-0.1, -0.05) is 12.1 Å². The smallest absolute Gasteiger partial charge is 0.266 e. The zero-order valence-electron chi connectivity index (χ0n) is 9.25. The Hall–Kier alpha value is -2.01. The lowest BCUT2D eigenvalue weighted by molar-refractivity contribution is 0.0950. The standard InChI is InChI=1S/C12H11N3OS/c1-9(11-6-4-8-17-11)14-15-12(16)10-5-2-3-7-13-10/h2-8H,1H3,(H,15,16)/b14-9-. The van der Waals surface area contributed by atoms with Crippen LogP contribution in [0.25, 0.3) is 0 Å². The maximum atomic E-state index is 11.6. The fraction of sp³-hybridized carbons (Fsp3) is 0.0833. The molecule has 0 saturated heterocycles. The first kappa shape index (κ1) is 11.5. The van der Waals surface area contributed by atoms with Gasteiger partial charge in [0.15, 0.2) is 0 Å². The van der Waals surface area contributed by atoms with E-state index in [0.29, 0.717) is 5.69 Å². The van der Waals surface area contributed by atoms with Crippen molar-refractivity contribution in [3.8, 4) is 0 Å². The highest BCUT2D eigenvalue weighted by molar-refractivity contribution is 7.12. The summed E-state index contributed by atoms with van der Waals surface area (Å²) in [4.78, 5) is 16.6. The summed E-state index contributed by atoms with van der Waals surface area (Å²) in [6.07, 6.45) is 1.57. The molecule has 0 radical (unpaired) electrons. The average Bonchev–Trinajstić information content (AvgIpc) is 2.90. The van der Waals surface area contributed by atoms with Gasteiger partial charge in [-0.05, 0) is 30.5 Å². The van der Waals surface area contributed by atoms with E-state index in [-0.39, 0.29) is 5.91 Å². The Balaban J connectivity index is 2.04. The summed E-state index contributed by atoms with van der Waals surface area (Å²) < 4.78 is 0. The molecule has 5 heteroatoms. The van der Waals surface area contributed by atoms with Gasteiger partial charge < -0.3 is 0 Å². The van der Waals surface area contributed by atoms with Gasteiger partial charge in [-0.3, -0.25) is 9.78 Å². The van der Waals surface area contributed by atoms with E-state index in [1.807, 2.05) is 24.4 Å². The SMILES string of the molecule is C/C(=N/NC(=O)c1ccccn1)c1cccs1. The van der Waals surface area contributed by atoms with Crippen LogP contribution in [0.15, 0.2) is 47.0 Å². The molecule has 1 amide bonds. The highest BCUT2D eigenvalue weighted by atomic mass is 32.1. The summed E-state index contributed by atoms with van der Waals surface area (Å²) in [5.74, 6) is -0.304. The van der Waals surface area contributed by atoms with Gasteiger partial charge in [-0.15, -0.1) is 11.3 Å². The van der Waals surface area contributed by atoms with Crippen molar-refractivity contribution < 1.29 is 4.79 Å². The molecule has 0 aliphatic rings. The lowest BCUT2D eigenvalue weighted by Gasteiger charge is -2.00. The number of carbonyl (C=O) groups excluding carboxylic acids is 1. The summed E-state index contributed by atoms with van der Waals surface area (Å²) in [6.45, 7) is 1.85.